The lowest BCUT2D eigenvalue weighted by atomic mass is 10.1. The minimum absolute atomic E-state index is 0.106. The van der Waals surface area contributed by atoms with Crippen molar-refractivity contribution in [2.24, 2.45) is 0 Å². The molecule has 11 nitrogen and oxygen atoms in total. The number of hydrogen-bond acceptors (Lipinski definition) is 9. The fraction of sp³-hybridized carbons (Fsp3) is 0.500. The third-order valence-corrected chi connectivity index (χ3v) is 7.40. The molecule has 0 amide bonds. The summed E-state index contributed by atoms with van der Waals surface area (Å²) < 4.78 is 32.6. The highest BCUT2D eigenvalue weighted by Gasteiger charge is 2.30. The van der Waals surface area contributed by atoms with E-state index in [2.05, 4.69) is 20.0 Å². The Kier molecular flexibility index (Phi) is 9.95. The largest absolute Gasteiger partial charge is 0.465 e. The molecule has 36 heavy (non-hydrogen) atoms. The van der Waals surface area contributed by atoms with Gasteiger partial charge in [-0.25, -0.2) is 20.0 Å². The molecule has 0 radical (unpaired) electrons. The average Bonchev–Trinajstić information content (AvgIpc) is 3.26. The van der Waals surface area contributed by atoms with Gasteiger partial charge in [-0.1, -0.05) is 37.6 Å². The second kappa shape index (κ2) is 12.9. The predicted octanol–water partition coefficient (Wildman–Crippen LogP) is 3.81. The number of hydrogen-bond donors (Lipinski definition) is 2. The SMILES string of the molecule is CCCCOC(=O)[C@H](C)NP(=O)(CO[C@H](C)Cn1cnc2c(N)ncnc21)OCc1ccccc1C. The summed E-state index contributed by atoms with van der Waals surface area (Å²) in [6.07, 6.45) is 4.04. The van der Waals surface area contributed by atoms with Crippen LogP contribution in [-0.2, 0) is 36.5 Å². The van der Waals surface area contributed by atoms with E-state index in [1.807, 2.05) is 45.0 Å². The molecule has 0 spiro atoms. The molecule has 1 unspecified atom stereocenters. The molecule has 3 N–H and O–H groups in total. The van der Waals surface area contributed by atoms with Gasteiger partial charge in [-0.15, -0.1) is 0 Å². The molecule has 0 fully saturated rings. The van der Waals surface area contributed by atoms with E-state index in [1.165, 1.54) is 6.33 Å². The molecule has 0 aliphatic heterocycles. The van der Waals surface area contributed by atoms with Crippen LogP contribution < -0.4 is 10.8 Å². The van der Waals surface area contributed by atoms with Crippen LogP contribution in [0.25, 0.3) is 11.2 Å². The highest BCUT2D eigenvalue weighted by Crippen LogP contribution is 2.44. The number of rotatable bonds is 14. The van der Waals surface area contributed by atoms with Gasteiger partial charge in [-0.2, -0.15) is 0 Å². The zero-order chi connectivity index (χ0) is 26.1. The number of aromatic nitrogens is 4. The van der Waals surface area contributed by atoms with Gasteiger partial charge in [0, 0.05) is 0 Å². The third kappa shape index (κ3) is 7.57. The summed E-state index contributed by atoms with van der Waals surface area (Å²) in [5, 5.41) is 2.84. The Hall–Kier alpha value is -2.85. The summed E-state index contributed by atoms with van der Waals surface area (Å²) in [5.41, 5.74) is 8.86. The van der Waals surface area contributed by atoms with Crippen LogP contribution in [0.2, 0.25) is 0 Å². The lowest BCUT2D eigenvalue weighted by Gasteiger charge is -2.25. The Morgan fingerprint density at radius 1 is 1.22 bits per heavy atom. The minimum atomic E-state index is -3.60. The van der Waals surface area contributed by atoms with Gasteiger partial charge in [-0.3, -0.25) is 9.36 Å². The number of imidazole rings is 1. The molecule has 2 aromatic heterocycles. The van der Waals surface area contributed by atoms with Crippen molar-refractivity contribution in [2.45, 2.75) is 65.8 Å². The van der Waals surface area contributed by atoms with E-state index in [0.717, 1.165) is 24.0 Å². The van der Waals surface area contributed by atoms with Crippen molar-refractivity contribution in [3.05, 3.63) is 48.0 Å². The van der Waals surface area contributed by atoms with Crippen LogP contribution in [0.1, 0.15) is 44.7 Å². The van der Waals surface area contributed by atoms with Gasteiger partial charge in [0.05, 0.1) is 32.2 Å². The molecule has 2 heterocycles. The number of nitrogens with one attached hydrogen (secondary N) is 1. The van der Waals surface area contributed by atoms with Crippen molar-refractivity contribution in [1.29, 1.82) is 0 Å². The summed E-state index contributed by atoms with van der Waals surface area (Å²) >= 11 is 0. The molecule has 0 saturated heterocycles. The number of carbonyl (C=O) groups excluding carboxylic acids is 1. The molecule has 0 aliphatic rings. The Bertz CT molecular complexity index is 1200. The number of anilines is 1. The van der Waals surface area contributed by atoms with Crippen molar-refractivity contribution < 1.29 is 23.4 Å². The first kappa shape index (κ1) is 27.7. The second-order valence-electron chi connectivity index (χ2n) is 8.68. The highest BCUT2D eigenvalue weighted by atomic mass is 31.2. The van der Waals surface area contributed by atoms with Crippen LogP contribution in [0, 0.1) is 6.92 Å². The average molecular weight is 519 g/mol. The maximum Gasteiger partial charge on any atom is 0.323 e. The predicted molar refractivity (Wildman–Crippen MR) is 137 cm³/mol. The van der Waals surface area contributed by atoms with Crippen molar-refractivity contribution >= 4 is 30.5 Å². The molecule has 3 atom stereocenters. The Labute approximate surface area is 211 Å². The van der Waals surface area contributed by atoms with Crippen molar-refractivity contribution in [3.63, 3.8) is 0 Å². The van der Waals surface area contributed by atoms with Crippen molar-refractivity contribution in [1.82, 2.24) is 24.6 Å². The topological polar surface area (TPSA) is 143 Å². The number of ether oxygens (including phenoxy) is 2. The van der Waals surface area contributed by atoms with E-state index in [-0.39, 0.29) is 19.1 Å². The summed E-state index contributed by atoms with van der Waals surface area (Å²) in [5.74, 6) is -0.191. The maximum atomic E-state index is 13.8. The molecule has 1 aromatic carbocycles. The summed E-state index contributed by atoms with van der Waals surface area (Å²) in [7, 11) is -3.60. The molecule has 196 valence electrons. The first-order valence-corrected chi connectivity index (χ1v) is 13.8. The number of esters is 1. The van der Waals surface area contributed by atoms with Gasteiger partial charge in [0.1, 0.15) is 24.2 Å². The first-order chi connectivity index (χ1) is 17.2. The second-order valence-corrected chi connectivity index (χ2v) is 10.8. The lowest BCUT2D eigenvalue weighted by Crippen LogP contribution is -2.35. The third-order valence-electron chi connectivity index (χ3n) is 5.59. The Morgan fingerprint density at radius 2 is 2.00 bits per heavy atom. The number of fused-ring (bicyclic) bond motifs is 1. The zero-order valence-corrected chi connectivity index (χ0v) is 22.1. The lowest BCUT2D eigenvalue weighted by molar-refractivity contribution is -0.145. The summed E-state index contributed by atoms with van der Waals surface area (Å²) in [6.45, 7) is 8.21. The van der Waals surface area contributed by atoms with E-state index in [9.17, 15) is 9.36 Å². The number of nitrogen functional groups attached to an aromatic ring is 1. The van der Waals surface area contributed by atoms with E-state index >= 15 is 0 Å². The molecular formula is C24H35N6O5P. The smallest absolute Gasteiger partial charge is 0.323 e. The van der Waals surface area contributed by atoms with E-state index in [0.29, 0.717) is 30.1 Å². The number of benzene rings is 1. The molecule has 0 saturated carbocycles. The minimum Gasteiger partial charge on any atom is -0.465 e. The van der Waals surface area contributed by atoms with Crippen LogP contribution in [0.4, 0.5) is 5.82 Å². The molecule has 0 bridgehead atoms. The molecule has 12 heteroatoms. The van der Waals surface area contributed by atoms with Crippen LogP contribution in [-0.4, -0.2) is 50.6 Å². The Balaban J connectivity index is 1.67. The zero-order valence-electron chi connectivity index (χ0n) is 21.2. The summed E-state index contributed by atoms with van der Waals surface area (Å²) in [6, 6.07) is 6.84. The van der Waals surface area contributed by atoms with Crippen molar-refractivity contribution in [3.8, 4) is 0 Å². The van der Waals surface area contributed by atoms with Gasteiger partial charge in [-0.05, 0) is 38.3 Å². The van der Waals surface area contributed by atoms with Gasteiger partial charge >= 0.3 is 5.97 Å². The van der Waals surface area contributed by atoms with Crippen LogP contribution in [0.5, 0.6) is 0 Å². The highest BCUT2D eigenvalue weighted by molar-refractivity contribution is 7.56. The molecule has 3 aromatic rings. The number of carbonyl (C=O) groups is 1. The number of nitrogens with zero attached hydrogens (tertiary/aromatic N) is 4. The number of unbranched alkanes of at least 4 members (excludes halogenated alkanes) is 1. The standard InChI is InChI=1S/C24H35N6O5P/c1-5-6-11-33-24(31)19(4)29-36(32,35-13-20-10-8-7-9-17(20)2)16-34-18(3)12-30-15-28-21-22(25)26-14-27-23(21)30/h7-10,14-15,18-19H,5-6,11-13,16H2,1-4H3,(H,29,32)(H2,25,26,27)/t18-,19+,36?/m1/s1. The van der Waals surface area contributed by atoms with Crippen LogP contribution in [0.15, 0.2) is 36.9 Å². The van der Waals surface area contributed by atoms with Crippen molar-refractivity contribution in [2.75, 3.05) is 18.7 Å². The number of nitrogens with two attached hydrogens (primary N) is 1. The van der Waals surface area contributed by atoms with Gasteiger partial charge in [0.15, 0.2) is 11.5 Å². The van der Waals surface area contributed by atoms with Gasteiger partial charge in [0.25, 0.3) is 7.52 Å². The quantitative estimate of drug-likeness (QED) is 0.184. The molecule has 0 aliphatic carbocycles. The van der Waals surface area contributed by atoms with E-state index in [4.69, 9.17) is 19.7 Å². The van der Waals surface area contributed by atoms with Crippen LogP contribution >= 0.6 is 7.52 Å². The van der Waals surface area contributed by atoms with Gasteiger partial charge < -0.3 is 24.3 Å². The summed E-state index contributed by atoms with van der Waals surface area (Å²) in [4.78, 5) is 24.8. The van der Waals surface area contributed by atoms with E-state index in [1.54, 1.807) is 17.8 Å². The normalized spacial score (nSPS) is 14.9. The fourth-order valence-corrected chi connectivity index (χ4v) is 5.15. The molecular weight excluding hydrogens is 483 g/mol. The molecule has 3 rings (SSSR count). The fourth-order valence-electron chi connectivity index (χ4n) is 3.43. The number of aryl methyl sites for hydroxylation is 1. The monoisotopic (exact) mass is 518 g/mol. The van der Waals surface area contributed by atoms with E-state index < -0.39 is 19.5 Å². The van der Waals surface area contributed by atoms with Gasteiger partial charge in [0.2, 0.25) is 0 Å². The Morgan fingerprint density at radius 3 is 2.75 bits per heavy atom. The maximum absolute atomic E-state index is 13.8. The van der Waals surface area contributed by atoms with Crippen LogP contribution in [0.3, 0.4) is 0 Å². The first-order valence-electron chi connectivity index (χ1n) is 12.0.